The van der Waals surface area contributed by atoms with Gasteiger partial charge in [0.1, 0.15) is 22.0 Å². The molecular weight excluding hydrogens is 406 g/mol. The molecule has 1 aromatic carbocycles. The molecule has 162 valence electrons. The third-order valence-electron chi connectivity index (χ3n) is 5.17. The highest BCUT2D eigenvalue weighted by Gasteiger charge is 2.30. The molecule has 0 spiro atoms. The molecule has 1 amide bonds. The molecule has 2 heterocycles. The van der Waals surface area contributed by atoms with Crippen molar-refractivity contribution in [2.24, 2.45) is 5.92 Å². The van der Waals surface area contributed by atoms with Crippen LogP contribution in [0, 0.1) is 12.8 Å². The molecule has 1 aromatic heterocycles. The number of aryl methyl sites for hydroxylation is 1. The number of piperidine rings is 1. The van der Waals surface area contributed by atoms with Gasteiger partial charge in [-0.25, -0.2) is 8.42 Å². The summed E-state index contributed by atoms with van der Waals surface area (Å²) in [6, 6.07) is 4.98. The Morgan fingerprint density at radius 3 is 2.63 bits per heavy atom. The van der Waals surface area contributed by atoms with Crippen LogP contribution in [0.15, 0.2) is 27.6 Å². The Hall–Kier alpha value is -2.65. The normalized spacial score (nSPS) is 16.1. The van der Waals surface area contributed by atoms with Gasteiger partial charge in [0.05, 0.1) is 7.11 Å². The number of aromatic nitrogens is 1. The maximum absolute atomic E-state index is 13.2. The molecule has 0 radical (unpaired) electrons. The van der Waals surface area contributed by atoms with Crippen LogP contribution >= 0.6 is 0 Å². The van der Waals surface area contributed by atoms with Crippen molar-refractivity contribution >= 4 is 33.8 Å². The van der Waals surface area contributed by atoms with Crippen molar-refractivity contribution in [3.8, 4) is 5.75 Å². The summed E-state index contributed by atoms with van der Waals surface area (Å²) < 4.78 is 38.6. The lowest BCUT2D eigenvalue weighted by Crippen LogP contribution is -2.38. The molecule has 0 saturated carbocycles. The van der Waals surface area contributed by atoms with Crippen LogP contribution in [0.3, 0.4) is 0 Å². The van der Waals surface area contributed by atoms with Crippen LogP contribution in [0.1, 0.15) is 43.7 Å². The number of sulfonamides is 1. The molecule has 0 unspecified atom stereocenters. The average Bonchev–Trinajstić information content (AvgIpc) is 3.05. The molecule has 30 heavy (non-hydrogen) atoms. The zero-order chi connectivity index (χ0) is 21.9. The van der Waals surface area contributed by atoms with Gasteiger partial charge < -0.3 is 14.6 Å². The van der Waals surface area contributed by atoms with Crippen molar-refractivity contribution in [1.29, 1.82) is 0 Å². The molecule has 1 fully saturated rings. The number of hydrogen-bond acceptors (Lipinski definition) is 6. The smallest absolute Gasteiger partial charge is 0.246 e. The number of hydrogen-bond donors (Lipinski definition) is 1. The van der Waals surface area contributed by atoms with Crippen molar-refractivity contribution < 1.29 is 22.5 Å². The lowest BCUT2D eigenvalue weighted by molar-refractivity contribution is -0.114. The summed E-state index contributed by atoms with van der Waals surface area (Å²) in [5.74, 6) is 0.980. The van der Waals surface area contributed by atoms with Crippen LogP contribution in [0.5, 0.6) is 5.75 Å². The fourth-order valence-corrected chi connectivity index (χ4v) is 5.02. The summed E-state index contributed by atoms with van der Waals surface area (Å²) in [6.07, 6.45) is 5.05. The van der Waals surface area contributed by atoms with E-state index < -0.39 is 10.0 Å². The Bertz CT molecular complexity index is 1050. The maximum Gasteiger partial charge on any atom is 0.246 e. The first-order valence-corrected chi connectivity index (χ1v) is 11.3. The number of carbonyl (C=O) groups excluding carboxylic acids is 1. The predicted octanol–water partition coefficient (Wildman–Crippen LogP) is 3.54. The largest absolute Gasteiger partial charge is 0.495 e. The summed E-state index contributed by atoms with van der Waals surface area (Å²) in [6.45, 7) is 6.27. The van der Waals surface area contributed by atoms with Gasteiger partial charge >= 0.3 is 0 Å². The van der Waals surface area contributed by atoms with Gasteiger partial charge in [-0.15, -0.1) is 0 Å². The maximum atomic E-state index is 13.2. The van der Waals surface area contributed by atoms with Gasteiger partial charge in [-0.1, -0.05) is 24.2 Å². The Morgan fingerprint density at radius 2 is 2.00 bits per heavy atom. The second kappa shape index (κ2) is 9.01. The molecule has 9 heteroatoms. The number of rotatable bonds is 6. The fraction of sp³-hybridized carbons (Fsp3) is 0.429. The van der Waals surface area contributed by atoms with Crippen LogP contribution in [-0.2, 0) is 14.8 Å². The first-order chi connectivity index (χ1) is 14.2. The van der Waals surface area contributed by atoms with Gasteiger partial charge in [0, 0.05) is 20.0 Å². The molecule has 1 aliphatic rings. The highest BCUT2D eigenvalue weighted by Crippen LogP contribution is 2.31. The van der Waals surface area contributed by atoms with Crippen molar-refractivity contribution in [2.45, 2.75) is 38.5 Å². The van der Waals surface area contributed by atoms with Crippen molar-refractivity contribution in [3.05, 3.63) is 35.2 Å². The third-order valence-corrected chi connectivity index (χ3v) is 7.09. The van der Waals surface area contributed by atoms with Gasteiger partial charge in [0.15, 0.2) is 5.76 Å². The quantitative estimate of drug-likeness (QED) is 0.748. The van der Waals surface area contributed by atoms with Crippen LogP contribution in [-0.4, -0.2) is 44.0 Å². The lowest BCUT2D eigenvalue weighted by atomic mass is 10.0. The molecule has 1 saturated heterocycles. The van der Waals surface area contributed by atoms with E-state index in [1.807, 2.05) is 0 Å². The van der Waals surface area contributed by atoms with E-state index in [2.05, 4.69) is 17.4 Å². The number of nitrogens with one attached hydrogen (secondary N) is 1. The molecule has 1 N–H and O–H groups in total. The molecule has 2 aromatic rings. The van der Waals surface area contributed by atoms with E-state index in [0.717, 1.165) is 12.8 Å². The number of benzene rings is 1. The monoisotopic (exact) mass is 433 g/mol. The number of amides is 1. The van der Waals surface area contributed by atoms with E-state index in [1.54, 1.807) is 37.3 Å². The molecule has 8 nitrogen and oxygen atoms in total. The highest BCUT2D eigenvalue weighted by atomic mass is 32.2. The standard InChI is InChI=1S/C21H27N3O5S/c1-14-9-11-24(12-10-14)30(26,27)20-13-17(5-7-18(20)28-4)6-8-19-21(22-16(3)25)15(2)23-29-19/h5-8,13-14H,9-12H2,1-4H3,(H,22,25)/b8-6-. The first-order valence-electron chi connectivity index (χ1n) is 9.82. The molecule has 0 aliphatic carbocycles. The van der Waals surface area contributed by atoms with Crippen molar-refractivity contribution in [1.82, 2.24) is 9.46 Å². The second-order valence-electron chi connectivity index (χ2n) is 7.52. The lowest BCUT2D eigenvalue weighted by Gasteiger charge is -2.29. The number of carbonyl (C=O) groups is 1. The fourth-order valence-electron chi connectivity index (χ4n) is 3.36. The van der Waals surface area contributed by atoms with E-state index >= 15 is 0 Å². The zero-order valence-corrected chi connectivity index (χ0v) is 18.5. The van der Waals surface area contributed by atoms with Gasteiger partial charge in [0.25, 0.3) is 0 Å². The number of methoxy groups -OCH3 is 1. The molecule has 0 bridgehead atoms. The van der Waals surface area contributed by atoms with E-state index in [0.29, 0.717) is 47.5 Å². The topological polar surface area (TPSA) is 102 Å². The van der Waals surface area contributed by atoms with Crippen LogP contribution in [0.4, 0.5) is 5.69 Å². The molecule has 0 atom stereocenters. The Kier molecular flexibility index (Phi) is 6.62. The summed E-state index contributed by atoms with van der Waals surface area (Å²) in [5, 5.41) is 6.56. The second-order valence-corrected chi connectivity index (χ2v) is 9.43. The molecule has 1 aliphatic heterocycles. The summed E-state index contributed by atoms with van der Waals surface area (Å²) in [7, 11) is -2.21. The van der Waals surface area contributed by atoms with E-state index in [9.17, 15) is 13.2 Å². The SMILES string of the molecule is COc1ccc(/C=C\c2onc(C)c2NC(C)=O)cc1S(=O)(=O)N1CCC(C)CC1. The number of anilines is 1. The van der Waals surface area contributed by atoms with Gasteiger partial charge in [-0.05, 0) is 49.5 Å². The van der Waals surface area contributed by atoms with E-state index in [1.165, 1.54) is 18.3 Å². The molecule has 3 rings (SSSR count). The van der Waals surface area contributed by atoms with Crippen LogP contribution < -0.4 is 10.1 Å². The number of nitrogens with zero attached hydrogens (tertiary/aromatic N) is 2. The first kappa shape index (κ1) is 22.0. The summed E-state index contributed by atoms with van der Waals surface area (Å²) in [4.78, 5) is 11.5. The third kappa shape index (κ3) is 4.73. The van der Waals surface area contributed by atoms with Crippen molar-refractivity contribution in [3.63, 3.8) is 0 Å². The minimum Gasteiger partial charge on any atom is -0.495 e. The van der Waals surface area contributed by atoms with Crippen LogP contribution in [0.2, 0.25) is 0 Å². The summed E-state index contributed by atoms with van der Waals surface area (Å²) >= 11 is 0. The van der Waals surface area contributed by atoms with Gasteiger partial charge in [-0.2, -0.15) is 4.31 Å². The highest BCUT2D eigenvalue weighted by molar-refractivity contribution is 7.89. The Labute approximate surface area is 176 Å². The zero-order valence-electron chi connectivity index (χ0n) is 17.6. The number of ether oxygens (including phenoxy) is 1. The van der Waals surface area contributed by atoms with E-state index in [-0.39, 0.29) is 10.8 Å². The summed E-state index contributed by atoms with van der Waals surface area (Å²) in [5.41, 5.74) is 1.70. The minimum absolute atomic E-state index is 0.137. The van der Waals surface area contributed by atoms with Gasteiger partial charge in [0.2, 0.25) is 15.9 Å². The Balaban J connectivity index is 1.92. The van der Waals surface area contributed by atoms with E-state index in [4.69, 9.17) is 9.26 Å². The molecular formula is C21H27N3O5S. The minimum atomic E-state index is -3.67. The van der Waals surface area contributed by atoms with Crippen molar-refractivity contribution in [2.75, 3.05) is 25.5 Å². The predicted molar refractivity (Wildman–Crippen MR) is 115 cm³/mol. The van der Waals surface area contributed by atoms with Gasteiger partial charge in [-0.3, -0.25) is 4.79 Å². The average molecular weight is 434 g/mol. The Morgan fingerprint density at radius 1 is 1.30 bits per heavy atom. The van der Waals surface area contributed by atoms with Crippen LogP contribution in [0.25, 0.3) is 12.2 Å².